The number of para-hydroxylation sites is 1. The summed E-state index contributed by atoms with van der Waals surface area (Å²) >= 11 is 0. The number of hydrogen-bond acceptors (Lipinski definition) is 3. The van der Waals surface area contributed by atoms with Crippen LogP contribution in [-0.2, 0) is 5.41 Å². The van der Waals surface area contributed by atoms with Gasteiger partial charge in [-0.25, -0.2) is 0 Å². The Hall–Kier alpha value is -1.06. The van der Waals surface area contributed by atoms with Crippen LogP contribution < -0.4 is 4.90 Å². The molecule has 1 saturated carbocycles. The van der Waals surface area contributed by atoms with Crippen molar-refractivity contribution in [3.8, 4) is 0 Å². The molecule has 6 aliphatic rings. The van der Waals surface area contributed by atoms with E-state index in [2.05, 4.69) is 48.0 Å². The third-order valence-corrected chi connectivity index (χ3v) is 8.38. The second kappa shape index (κ2) is 3.94. The minimum atomic E-state index is -0.196. The smallest absolute Gasteiger partial charge is 0.111 e. The van der Waals surface area contributed by atoms with Gasteiger partial charge in [0.2, 0.25) is 0 Å². The zero-order chi connectivity index (χ0) is 15.5. The minimum absolute atomic E-state index is 0.196. The van der Waals surface area contributed by atoms with Gasteiger partial charge in [-0.2, -0.15) is 0 Å². The molecule has 7 rings (SSSR count). The highest BCUT2D eigenvalue weighted by Crippen LogP contribution is 2.68. The molecule has 0 aromatic heterocycles. The Kier molecular flexibility index (Phi) is 2.27. The molecular weight excluding hydrogens is 284 g/mol. The van der Waals surface area contributed by atoms with Crippen molar-refractivity contribution in [2.75, 3.05) is 11.9 Å². The summed E-state index contributed by atoms with van der Waals surface area (Å²) in [5, 5.41) is 11.0. The number of rotatable bonds is 1. The Balaban J connectivity index is 1.56. The van der Waals surface area contributed by atoms with Crippen molar-refractivity contribution in [1.29, 1.82) is 0 Å². The predicted octanol–water partition coefficient (Wildman–Crippen LogP) is 2.58. The Bertz CT molecular complexity index is 690. The second-order valence-electron chi connectivity index (χ2n) is 8.77. The largest absolute Gasteiger partial charge is 0.378 e. The van der Waals surface area contributed by atoms with Gasteiger partial charge in [0.25, 0.3) is 0 Å². The van der Waals surface area contributed by atoms with Crippen molar-refractivity contribution < 1.29 is 5.11 Å². The van der Waals surface area contributed by atoms with Crippen LogP contribution in [0.25, 0.3) is 0 Å². The first kappa shape index (κ1) is 13.3. The molecule has 23 heavy (non-hydrogen) atoms. The van der Waals surface area contributed by atoms with Gasteiger partial charge in [-0.05, 0) is 49.1 Å². The Morgan fingerprint density at radius 1 is 1.17 bits per heavy atom. The summed E-state index contributed by atoms with van der Waals surface area (Å²) in [5.74, 6) is 2.06. The average Bonchev–Trinajstić information content (AvgIpc) is 2.99. The van der Waals surface area contributed by atoms with Crippen LogP contribution >= 0.6 is 0 Å². The number of likely N-dealkylation sites (N-methyl/N-ethyl adjacent to an activating group) is 1. The molecule has 5 heterocycles. The number of piperidine rings is 4. The molecule has 9 atom stereocenters. The van der Waals surface area contributed by atoms with Crippen LogP contribution in [0.1, 0.15) is 38.2 Å². The van der Waals surface area contributed by atoms with Crippen LogP contribution in [0.15, 0.2) is 24.3 Å². The maximum absolute atomic E-state index is 11.0. The van der Waals surface area contributed by atoms with Crippen LogP contribution in [0.4, 0.5) is 5.69 Å². The van der Waals surface area contributed by atoms with Crippen molar-refractivity contribution in [1.82, 2.24) is 4.90 Å². The van der Waals surface area contributed by atoms with Crippen LogP contribution in [0.2, 0.25) is 0 Å². The highest BCUT2D eigenvalue weighted by molar-refractivity contribution is 5.66. The van der Waals surface area contributed by atoms with E-state index in [0.29, 0.717) is 29.5 Å². The van der Waals surface area contributed by atoms with E-state index in [9.17, 15) is 5.11 Å². The lowest BCUT2D eigenvalue weighted by atomic mass is 9.62. The molecular formula is C20H26N2O. The van der Waals surface area contributed by atoms with Gasteiger partial charge in [0.05, 0.1) is 6.04 Å². The Morgan fingerprint density at radius 2 is 2.00 bits per heavy atom. The van der Waals surface area contributed by atoms with E-state index in [1.807, 2.05) is 0 Å². The molecule has 5 bridgehead atoms. The van der Waals surface area contributed by atoms with Gasteiger partial charge in [0, 0.05) is 36.2 Å². The Morgan fingerprint density at radius 3 is 2.83 bits per heavy atom. The van der Waals surface area contributed by atoms with Crippen LogP contribution in [0.3, 0.4) is 0 Å². The van der Waals surface area contributed by atoms with Gasteiger partial charge < -0.3 is 10.0 Å². The van der Waals surface area contributed by atoms with Crippen LogP contribution in [0, 0.1) is 17.8 Å². The van der Waals surface area contributed by atoms with E-state index >= 15 is 0 Å². The van der Waals surface area contributed by atoms with E-state index in [4.69, 9.17) is 0 Å². The minimum Gasteiger partial charge on any atom is -0.378 e. The molecule has 0 amide bonds. The molecule has 1 aliphatic carbocycles. The van der Waals surface area contributed by atoms with Crippen LogP contribution in [0.5, 0.6) is 0 Å². The molecule has 5 fully saturated rings. The molecule has 3 nitrogen and oxygen atoms in total. The second-order valence-corrected chi connectivity index (χ2v) is 8.77. The topological polar surface area (TPSA) is 26.7 Å². The lowest BCUT2D eigenvalue weighted by Gasteiger charge is -2.62. The first-order valence-electron chi connectivity index (χ1n) is 9.45. The van der Waals surface area contributed by atoms with Crippen molar-refractivity contribution in [3.63, 3.8) is 0 Å². The van der Waals surface area contributed by atoms with Crippen molar-refractivity contribution in [2.45, 2.75) is 62.4 Å². The summed E-state index contributed by atoms with van der Waals surface area (Å²) < 4.78 is 0. The lowest BCUT2D eigenvalue weighted by molar-refractivity contribution is -0.207. The van der Waals surface area contributed by atoms with Crippen molar-refractivity contribution in [2.24, 2.45) is 17.8 Å². The fourth-order valence-corrected chi connectivity index (χ4v) is 7.85. The number of benzene rings is 1. The standard InChI is InChI=1S/C20H26N2O/c1-3-11-12-8-16-18-20(14-6-4-5-7-15(14)21(18)2)9-13(12)17(10-20)22(16)19(11)23/h4-7,11-13,16-19,23H,3,8-10H2,1-2H3. The molecule has 4 saturated heterocycles. The summed E-state index contributed by atoms with van der Waals surface area (Å²) in [7, 11) is 2.29. The third-order valence-electron chi connectivity index (χ3n) is 8.38. The number of aliphatic hydroxyl groups excluding tert-OH is 1. The molecule has 122 valence electrons. The molecule has 5 aliphatic heterocycles. The molecule has 1 aromatic carbocycles. The summed E-state index contributed by atoms with van der Waals surface area (Å²) in [4.78, 5) is 5.13. The zero-order valence-electron chi connectivity index (χ0n) is 14.0. The monoisotopic (exact) mass is 310 g/mol. The number of fused-ring (bicyclic) bond motifs is 2. The molecule has 9 unspecified atom stereocenters. The van der Waals surface area contributed by atoms with Crippen molar-refractivity contribution >= 4 is 5.69 Å². The molecule has 1 N–H and O–H groups in total. The maximum Gasteiger partial charge on any atom is 0.111 e. The fourth-order valence-electron chi connectivity index (χ4n) is 7.85. The Labute approximate surface area is 138 Å². The van der Waals surface area contributed by atoms with E-state index in [1.54, 1.807) is 5.56 Å². The van der Waals surface area contributed by atoms with Gasteiger partial charge >= 0.3 is 0 Å². The summed E-state index contributed by atoms with van der Waals surface area (Å²) in [5.41, 5.74) is 3.41. The lowest BCUT2D eigenvalue weighted by Crippen LogP contribution is -2.72. The number of anilines is 1. The third kappa shape index (κ3) is 1.24. The molecule has 0 radical (unpaired) electrons. The van der Waals surface area contributed by atoms with Gasteiger partial charge in [0.15, 0.2) is 0 Å². The van der Waals surface area contributed by atoms with E-state index in [0.717, 1.165) is 18.3 Å². The fraction of sp³-hybridized carbons (Fsp3) is 0.700. The SMILES string of the molecule is CCC1C2CC3C4N(C)c5ccccc5C45CC2C(C5)N3C1O. The van der Waals surface area contributed by atoms with E-state index in [1.165, 1.54) is 24.9 Å². The van der Waals surface area contributed by atoms with Gasteiger partial charge in [-0.15, -0.1) is 0 Å². The highest BCUT2D eigenvalue weighted by atomic mass is 16.3. The molecule has 1 aromatic rings. The van der Waals surface area contributed by atoms with Gasteiger partial charge in [0.1, 0.15) is 6.23 Å². The predicted molar refractivity (Wildman–Crippen MR) is 90.3 cm³/mol. The van der Waals surface area contributed by atoms with Crippen LogP contribution in [-0.4, -0.2) is 41.4 Å². The zero-order valence-corrected chi connectivity index (χ0v) is 14.0. The van der Waals surface area contributed by atoms with Gasteiger partial charge in [-0.1, -0.05) is 25.1 Å². The maximum atomic E-state index is 11.0. The normalized spacial score (nSPS) is 54.5. The first-order valence-corrected chi connectivity index (χ1v) is 9.45. The van der Waals surface area contributed by atoms with E-state index in [-0.39, 0.29) is 6.23 Å². The molecule has 3 heteroatoms. The average molecular weight is 310 g/mol. The number of hydrogen-bond donors (Lipinski definition) is 1. The quantitative estimate of drug-likeness (QED) is 0.864. The highest BCUT2D eigenvalue weighted by Gasteiger charge is 2.72. The summed E-state index contributed by atoms with van der Waals surface area (Å²) in [6, 6.07) is 10.9. The first-order chi connectivity index (χ1) is 11.2. The number of nitrogens with zero attached hydrogens (tertiary/aromatic N) is 2. The summed E-state index contributed by atoms with van der Waals surface area (Å²) in [6.45, 7) is 2.27. The molecule has 1 spiro atoms. The number of aliphatic hydroxyl groups is 1. The van der Waals surface area contributed by atoms with E-state index < -0.39 is 0 Å². The van der Waals surface area contributed by atoms with Crippen molar-refractivity contribution in [3.05, 3.63) is 29.8 Å². The van der Waals surface area contributed by atoms with Gasteiger partial charge in [-0.3, -0.25) is 4.90 Å². The summed E-state index contributed by atoms with van der Waals surface area (Å²) in [6.07, 6.45) is 4.86.